The van der Waals surface area contributed by atoms with Crippen LogP contribution >= 0.6 is 11.5 Å². The van der Waals surface area contributed by atoms with Crippen molar-refractivity contribution in [3.8, 4) is 10.4 Å². The molecule has 5 nitrogen and oxygen atoms in total. The maximum atomic E-state index is 10.8. The van der Waals surface area contributed by atoms with Crippen LogP contribution in [-0.4, -0.2) is 20.7 Å². The lowest BCUT2D eigenvalue weighted by Crippen LogP contribution is -1.98. The Labute approximate surface area is 89.3 Å². The number of benzene rings is 1. The molecule has 2 rings (SSSR count). The summed E-state index contributed by atoms with van der Waals surface area (Å²) in [6.07, 6.45) is 1.56. The molecule has 0 bridgehead atoms. The van der Waals surface area contributed by atoms with Gasteiger partial charge in [-0.3, -0.25) is 0 Å². The Balaban J connectivity index is 2.55. The van der Waals surface area contributed by atoms with Crippen molar-refractivity contribution >= 4 is 23.2 Å². The second-order valence-corrected chi connectivity index (χ2v) is 3.67. The number of anilines is 1. The van der Waals surface area contributed by atoms with Crippen LogP contribution in [0.2, 0.25) is 0 Å². The summed E-state index contributed by atoms with van der Waals surface area (Å²) in [5.41, 5.74) is 7.12. The molecule has 0 unspecified atom stereocenters. The van der Waals surface area contributed by atoms with Crippen LogP contribution in [0.15, 0.2) is 24.4 Å². The topological polar surface area (TPSA) is 89.1 Å². The summed E-state index contributed by atoms with van der Waals surface area (Å²) in [5.74, 6) is -0.978. The number of hydrogen-bond donors (Lipinski definition) is 2. The largest absolute Gasteiger partial charge is 0.478 e. The number of aromatic nitrogens is 2. The first-order valence-corrected chi connectivity index (χ1v) is 4.86. The van der Waals surface area contributed by atoms with E-state index in [-0.39, 0.29) is 5.56 Å². The molecule has 0 aliphatic carbocycles. The van der Waals surface area contributed by atoms with E-state index in [1.54, 1.807) is 12.3 Å². The molecule has 1 aromatic heterocycles. The van der Waals surface area contributed by atoms with Gasteiger partial charge in [0.2, 0.25) is 0 Å². The number of nitrogens with two attached hydrogens (primary N) is 1. The third-order valence-corrected chi connectivity index (χ3v) is 2.62. The lowest BCUT2D eigenvalue weighted by molar-refractivity contribution is 0.0697. The molecule has 0 saturated carbocycles. The van der Waals surface area contributed by atoms with Crippen molar-refractivity contribution in [3.63, 3.8) is 0 Å². The van der Waals surface area contributed by atoms with Gasteiger partial charge in [0.1, 0.15) is 0 Å². The van der Waals surface area contributed by atoms with Gasteiger partial charge in [0, 0.05) is 11.3 Å². The summed E-state index contributed by atoms with van der Waals surface area (Å²) >= 11 is 1.18. The normalized spacial score (nSPS) is 10.1. The molecule has 3 N–H and O–H groups in total. The Kier molecular flexibility index (Phi) is 2.34. The molecule has 0 aliphatic heterocycles. The summed E-state index contributed by atoms with van der Waals surface area (Å²) in [6, 6.07) is 4.56. The maximum Gasteiger partial charge on any atom is 0.335 e. The van der Waals surface area contributed by atoms with Crippen molar-refractivity contribution in [2.45, 2.75) is 0 Å². The minimum atomic E-state index is -0.978. The van der Waals surface area contributed by atoms with Gasteiger partial charge < -0.3 is 10.8 Å². The van der Waals surface area contributed by atoms with Crippen molar-refractivity contribution in [3.05, 3.63) is 30.0 Å². The highest BCUT2D eigenvalue weighted by molar-refractivity contribution is 7.09. The number of nitrogens with zero attached hydrogens (tertiary/aromatic N) is 2. The quantitative estimate of drug-likeness (QED) is 0.750. The van der Waals surface area contributed by atoms with Gasteiger partial charge in [-0.2, -0.15) is 0 Å². The molecule has 0 saturated heterocycles. The number of nitrogen functional groups attached to an aromatic ring is 1. The van der Waals surface area contributed by atoms with Gasteiger partial charge >= 0.3 is 5.97 Å². The Morgan fingerprint density at radius 1 is 1.47 bits per heavy atom. The van der Waals surface area contributed by atoms with Gasteiger partial charge in [0.15, 0.2) is 0 Å². The number of carboxylic acids is 1. The standard InChI is InChI=1S/C9H7N3O2S/c10-7-2-1-5(9(13)14)3-6(7)8-4-11-12-15-8/h1-4H,10H2,(H,13,14). The van der Waals surface area contributed by atoms with E-state index < -0.39 is 5.97 Å². The molecule has 2 aromatic rings. The molecule has 15 heavy (non-hydrogen) atoms. The van der Waals surface area contributed by atoms with E-state index in [2.05, 4.69) is 9.59 Å². The Morgan fingerprint density at radius 3 is 2.87 bits per heavy atom. The second-order valence-electron chi connectivity index (χ2n) is 2.89. The van der Waals surface area contributed by atoms with Crippen LogP contribution in [0.5, 0.6) is 0 Å². The van der Waals surface area contributed by atoms with E-state index in [4.69, 9.17) is 10.8 Å². The van der Waals surface area contributed by atoms with E-state index in [1.165, 1.54) is 23.7 Å². The summed E-state index contributed by atoms with van der Waals surface area (Å²) in [7, 11) is 0. The van der Waals surface area contributed by atoms with Gasteiger partial charge in [0.05, 0.1) is 16.6 Å². The SMILES string of the molecule is Nc1ccc(C(=O)O)cc1-c1cnns1. The molecule has 0 radical (unpaired) electrons. The third-order valence-electron chi connectivity index (χ3n) is 1.93. The molecule has 0 fully saturated rings. The number of aromatic carboxylic acids is 1. The van der Waals surface area contributed by atoms with Crippen LogP contribution in [0, 0.1) is 0 Å². The summed E-state index contributed by atoms with van der Waals surface area (Å²) in [4.78, 5) is 11.5. The van der Waals surface area contributed by atoms with Crippen LogP contribution in [0.1, 0.15) is 10.4 Å². The number of carboxylic acid groups (broad SMARTS) is 1. The van der Waals surface area contributed by atoms with Crippen LogP contribution in [-0.2, 0) is 0 Å². The Hall–Kier alpha value is -1.95. The molecular formula is C9H7N3O2S. The molecule has 0 atom stereocenters. The first kappa shape index (κ1) is 9.60. The van der Waals surface area contributed by atoms with Crippen LogP contribution in [0.4, 0.5) is 5.69 Å². The minimum absolute atomic E-state index is 0.201. The fraction of sp³-hybridized carbons (Fsp3) is 0. The van der Waals surface area contributed by atoms with E-state index in [0.717, 1.165) is 4.88 Å². The lowest BCUT2D eigenvalue weighted by Gasteiger charge is -2.03. The van der Waals surface area contributed by atoms with Crippen molar-refractivity contribution in [2.75, 3.05) is 5.73 Å². The molecule has 0 aliphatic rings. The van der Waals surface area contributed by atoms with Crippen LogP contribution < -0.4 is 5.73 Å². The van der Waals surface area contributed by atoms with Crippen molar-refractivity contribution in [1.29, 1.82) is 0 Å². The van der Waals surface area contributed by atoms with E-state index in [9.17, 15) is 4.79 Å². The molecule has 1 heterocycles. The second kappa shape index (κ2) is 3.66. The predicted octanol–water partition coefficient (Wildman–Crippen LogP) is 1.49. The van der Waals surface area contributed by atoms with E-state index in [0.29, 0.717) is 11.3 Å². The smallest absolute Gasteiger partial charge is 0.335 e. The molecular weight excluding hydrogens is 214 g/mol. The Bertz CT molecular complexity index is 496. The molecule has 0 amide bonds. The van der Waals surface area contributed by atoms with Gasteiger partial charge in [-0.05, 0) is 29.7 Å². The zero-order valence-corrected chi connectivity index (χ0v) is 8.36. The van der Waals surface area contributed by atoms with E-state index >= 15 is 0 Å². The average molecular weight is 221 g/mol. The molecule has 6 heteroatoms. The molecule has 76 valence electrons. The number of rotatable bonds is 2. The first-order chi connectivity index (χ1) is 7.18. The van der Waals surface area contributed by atoms with Crippen LogP contribution in [0.3, 0.4) is 0 Å². The molecule has 0 spiro atoms. The fourth-order valence-electron chi connectivity index (χ4n) is 1.19. The summed E-state index contributed by atoms with van der Waals surface area (Å²) in [5, 5.41) is 12.5. The molecule has 1 aromatic carbocycles. The van der Waals surface area contributed by atoms with Crippen LogP contribution in [0.25, 0.3) is 10.4 Å². The first-order valence-electron chi connectivity index (χ1n) is 4.09. The number of hydrogen-bond acceptors (Lipinski definition) is 5. The highest BCUT2D eigenvalue weighted by atomic mass is 32.1. The van der Waals surface area contributed by atoms with E-state index in [1.807, 2.05) is 0 Å². The van der Waals surface area contributed by atoms with Crippen molar-refractivity contribution in [2.24, 2.45) is 0 Å². The maximum absolute atomic E-state index is 10.8. The van der Waals surface area contributed by atoms with Crippen molar-refractivity contribution < 1.29 is 9.90 Å². The zero-order valence-electron chi connectivity index (χ0n) is 7.54. The predicted molar refractivity (Wildman–Crippen MR) is 56.7 cm³/mol. The Morgan fingerprint density at radius 2 is 2.27 bits per heavy atom. The highest BCUT2D eigenvalue weighted by Gasteiger charge is 2.09. The average Bonchev–Trinajstić information content (AvgIpc) is 2.71. The van der Waals surface area contributed by atoms with Gasteiger partial charge in [-0.25, -0.2) is 4.79 Å². The lowest BCUT2D eigenvalue weighted by atomic mass is 10.1. The number of carbonyl (C=O) groups is 1. The van der Waals surface area contributed by atoms with Gasteiger partial charge in [-0.15, -0.1) is 5.10 Å². The van der Waals surface area contributed by atoms with Gasteiger partial charge in [-0.1, -0.05) is 4.49 Å². The van der Waals surface area contributed by atoms with Gasteiger partial charge in [0.25, 0.3) is 0 Å². The monoisotopic (exact) mass is 221 g/mol. The summed E-state index contributed by atoms with van der Waals surface area (Å²) < 4.78 is 3.70. The minimum Gasteiger partial charge on any atom is -0.478 e. The van der Waals surface area contributed by atoms with Crippen molar-refractivity contribution in [1.82, 2.24) is 9.59 Å². The zero-order chi connectivity index (χ0) is 10.8. The third kappa shape index (κ3) is 1.79. The fourth-order valence-corrected chi connectivity index (χ4v) is 1.74. The summed E-state index contributed by atoms with van der Waals surface area (Å²) in [6.45, 7) is 0. The highest BCUT2D eigenvalue weighted by Crippen LogP contribution is 2.28.